The molecule has 0 bridgehead atoms. The van der Waals surface area contributed by atoms with E-state index in [2.05, 4.69) is 10.3 Å². The Balaban J connectivity index is 2.07. The Morgan fingerprint density at radius 1 is 1.24 bits per heavy atom. The van der Waals surface area contributed by atoms with E-state index >= 15 is 0 Å². The topological polar surface area (TPSA) is 50.9 Å². The van der Waals surface area contributed by atoms with Crippen molar-refractivity contribution in [2.75, 3.05) is 5.32 Å². The molecule has 1 aromatic carbocycles. The Morgan fingerprint density at radius 2 is 2.12 bits per heavy atom. The van der Waals surface area contributed by atoms with Crippen molar-refractivity contribution in [1.29, 1.82) is 0 Å². The van der Waals surface area contributed by atoms with Crippen LogP contribution >= 0.6 is 0 Å². The number of nitrogens with one attached hydrogen (secondary N) is 1. The third-order valence-corrected chi connectivity index (χ3v) is 2.53. The lowest BCUT2D eigenvalue weighted by molar-refractivity contribution is 0.628. The van der Waals surface area contributed by atoms with E-state index in [0.717, 1.165) is 16.8 Å². The molecule has 0 aliphatic rings. The zero-order valence-corrected chi connectivity index (χ0v) is 9.36. The van der Waals surface area contributed by atoms with Crippen LogP contribution in [0.5, 0.6) is 0 Å². The predicted octanol–water partition coefficient (Wildman–Crippen LogP) is 2.29. The summed E-state index contributed by atoms with van der Waals surface area (Å²) in [6.45, 7) is 1.06. The summed E-state index contributed by atoms with van der Waals surface area (Å²) in [6.07, 6.45) is 3.48. The van der Waals surface area contributed by atoms with Crippen LogP contribution < -0.4 is 11.1 Å². The molecule has 0 spiro atoms. The normalized spacial score (nSPS) is 10.2. The number of halogens is 1. The molecule has 0 fully saturated rings. The van der Waals surface area contributed by atoms with Crippen molar-refractivity contribution in [1.82, 2.24) is 4.98 Å². The number of rotatable bonds is 4. The van der Waals surface area contributed by atoms with Crippen molar-refractivity contribution in [3.8, 4) is 0 Å². The van der Waals surface area contributed by atoms with Gasteiger partial charge in [0, 0.05) is 31.2 Å². The summed E-state index contributed by atoms with van der Waals surface area (Å²) < 4.78 is 13.0. The smallest absolute Gasteiger partial charge is 0.125 e. The average Bonchev–Trinajstić information content (AvgIpc) is 2.37. The molecule has 88 valence electrons. The minimum atomic E-state index is -0.247. The Hall–Kier alpha value is -1.94. The second-order valence-corrected chi connectivity index (χ2v) is 3.71. The highest BCUT2D eigenvalue weighted by Gasteiger charge is 2.00. The van der Waals surface area contributed by atoms with Crippen LogP contribution in [-0.4, -0.2) is 4.98 Å². The number of anilines is 1. The van der Waals surface area contributed by atoms with Gasteiger partial charge >= 0.3 is 0 Å². The summed E-state index contributed by atoms with van der Waals surface area (Å²) in [5.41, 5.74) is 8.44. The molecule has 3 N–H and O–H groups in total. The molecule has 2 aromatic rings. The number of nitrogens with zero attached hydrogens (tertiary/aromatic N) is 1. The summed E-state index contributed by atoms with van der Waals surface area (Å²) in [6, 6.07) is 8.29. The van der Waals surface area contributed by atoms with Gasteiger partial charge in [-0.2, -0.15) is 0 Å². The lowest BCUT2D eigenvalue weighted by Crippen LogP contribution is -2.06. The van der Waals surface area contributed by atoms with Crippen LogP contribution in [0.4, 0.5) is 10.1 Å². The molecule has 3 nitrogen and oxygen atoms in total. The van der Waals surface area contributed by atoms with Gasteiger partial charge < -0.3 is 11.1 Å². The van der Waals surface area contributed by atoms with Gasteiger partial charge in [0.15, 0.2) is 0 Å². The van der Waals surface area contributed by atoms with Crippen molar-refractivity contribution < 1.29 is 4.39 Å². The maximum Gasteiger partial charge on any atom is 0.125 e. The van der Waals surface area contributed by atoms with Crippen molar-refractivity contribution in [2.24, 2.45) is 5.73 Å². The third kappa shape index (κ3) is 3.01. The second kappa shape index (κ2) is 5.41. The van der Waals surface area contributed by atoms with Crippen LogP contribution in [0.1, 0.15) is 11.1 Å². The summed E-state index contributed by atoms with van der Waals surface area (Å²) in [5, 5.41) is 3.15. The van der Waals surface area contributed by atoms with Gasteiger partial charge in [0.2, 0.25) is 0 Å². The fourth-order valence-corrected chi connectivity index (χ4v) is 1.61. The Labute approximate surface area is 99.5 Å². The van der Waals surface area contributed by atoms with Gasteiger partial charge in [-0.25, -0.2) is 4.39 Å². The van der Waals surface area contributed by atoms with Crippen LogP contribution in [0.2, 0.25) is 0 Å². The summed E-state index contributed by atoms with van der Waals surface area (Å²) in [7, 11) is 0. The minimum Gasteiger partial charge on any atom is -0.381 e. The summed E-state index contributed by atoms with van der Waals surface area (Å²) >= 11 is 0. The SMILES string of the molecule is NCc1cnccc1CNc1cccc(F)c1. The third-order valence-electron chi connectivity index (χ3n) is 2.53. The number of aromatic nitrogens is 1. The molecular weight excluding hydrogens is 217 g/mol. The van der Waals surface area contributed by atoms with E-state index in [0.29, 0.717) is 13.1 Å². The van der Waals surface area contributed by atoms with Crippen LogP contribution in [-0.2, 0) is 13.1 Å². The van der Waals surface area contributed by atoms with Gasteiger partial charge in [-0.15, -0.1) is 0 Å². The average molecular weight is 231 g/mol. The molecule has 0 amide bonds. The number of pyridine rings is 1. The lowest BCUT2D eigenvalue weighted by Gasteiger charge is -2.09. The highest BCUT2D eigenvalue weighted by molar-refractivity contribution is 5.44. The van der Waals surface area contributed by atoms with E-state index in [1.807, 2.05) is 12.1 Å². The molecule has 0 aliphatic heterocycles. The minimum absolute atomic E-state index is 0.247. The first kappa shape index (κ1) is 11.5. The number of nitrogens with two attached hydrogens (primary N) is 1. The first-order valence-corrected chi connectivity index (χ1v) is 5.41. The van der Waals surface area contributed by atoms with E-state index in [1.165, 1.54) is 12.1 Å². The van der Waals surface area contributed by atoms with Crippen LogP contribution in [0.3, 0.4) is 0 Å². The monoisotopic (exact) mass is 231 g/mol. The van der Waals surface area contributed by atoms with Crippen molar-refractivity contribution in [2.45, 2.75) is 13.1 Å². The van der Waals surface area contributed by atoms with E-state index in [9.17, 15) is 4.39 Å². The molecule has 0 saturated carbocycles. The highest BCUT2D eigenvalue weighted by Crippen LogP contribution is 2.12. The van der Waals surface area contributed by atoms with E-state index in [4.69, 9.17) is 5.73 Å². The molecule has 1 heterocycles. The number of benzene rings is 1. The van der Waals surface area contributed by atoms with Gasteiger partial charge in [-0.3, -0.25) is 4.98 Å². The molecule has 2 rings (SSSR count). The van der Waals surface area contributed by atoms with Crippen molar-refractivity contribution in [3.63, 3.8) is 0 Å². The standard InChI is InChI=1S/C13H14FN3/c14-12-2-1-3-13(6-12)17-9-10-4-5-16-8-11(10)7-15/h1-6,8,17H,7,9,15H2. The van der Waals surface area contributed by atoms with E-state index in [-0.39, 0.29) is 5.82 Å². The number of hydrogen-bond donors (Lipinski definition) is 2. The highest BCUT2D eigenvalue weighted by atomic mass is 19.1. The zero-order valence-electron chi connectivity index (χ0n) is 9.36. The lowest BCUT2D eigenvalue weighted by atomic mass is 10.1. The number of hydrogen-bond acceptors (Lipinski definition) is 3. The van der Waals surface area contributed by atoms with Crippen molar-refractivity contribution >= 4 is 5.69 Å². The maximum absolute atomic E-state index is 13.0. The molecule has 0 aliphatic carbocycles. The Kier molecular flexibility index (Phi) is 3.67. The van der Waals surface area contributed by atoms with E-state index < -0.39 is 0 Å². The predicted molar refractivity (Wildman–Crippen MR) is 65.9 cm³/mol. The van der Waals surface area contributed by atoms with Crippen molar-refractivity contribution in [3.05, 3.63) is 59.7 Å². The van der Waals surface area contributed by atoms with Crippen LogP contribution in [0, 0.1) is 5.82 Å². The molecule has 0 unspecified atom stereocenters. The fourth-order valence-electron chi connectivity index (χ4n) is 1.61. The van der Waals surface area contributed by atoms with Gasteiger partial charge in [0.1, 0.15) is 5.82 Å². The fraction of sp³-hybridized carbons (Fsp3) is 0.154. The summed E-state index contributed by atoms with van der Waals surface area (Å²) in [5.74, 6) is -0.247. The molecule has 17 heavy (non-hydrogen) atoms. The van der Waals surface area contributed by atoms with Gasteiger partial charge in [0.25, 0.3) is 0 Å². The molecule has 0 radical (unpaired) electrons. The molecule has 1 aromatic heterocycles. The maximum atomic E-state index is 13.0. The molecule has 0 saturated heterocycles. The van der Waals surface area contributed by atoms with Gasteiger partial charge in [-0.1, -0.05) is 6.07 Å². The second-order valence-electron chi connectivity index (χ2n) is 3.71. The molecule has 0 atom stereocenters. The van der Waals surface area contributed by atoms with Crippen LogP contribution in [0.25, 0.3) is 0 Å². The molecule has 4 heteroatoms. The summed E-state index contributed by atoms with van der Waals surface area (Å²) in [4.78, 5) is 4.02. The first-order chi connectivity index (χ1) is 8.29. The van der Waals surface area contributed by atoms with Gasteiger partial charge in [-0.05, 0) is 35.4 Å². The first-order valence-electron chi connectivity index (χ1n) is 5.41. The largest absolute Gasteiger partial charge is 0.381 e. The quantitative estimate of drug-likeness (QED) is 0.848. The Bertz CT molecular complexity index is 500. The zero-order chi connectivity index (χ0) is 12.1. The molecular formula is C13H14FN3. The van der Waals surface area contributed by atoms with Gasteiger partial charge in [0.05, 0.1) is 0 Å². The van der Waals surface area contributed by atoms with E-state index in [1.54, 1.807) is 18.5 Å². The Morgan fingerprint density at radius 3 is 2.88 bits per heavy atom. The van der Waals surface area contributed by atoms with Crippen LogP contribution in [0.15, 0.2) is 42.7 Å².